The van der Waals surface area contributed by atoms with Crippen LogP contribution in [0, 0.1) is 5.41 Å². The molecule has 0 aromatic rings. The van der Waals surface area contributed by atoms with E-state index < -0.39 is 0 Å². The van der Waals surface area contributed by atoms with E-state index in [1.807, 2.05) is 0 Å². The highest BCUT2D eigenvalue weighted by Crippen LogP contribution is 2.40. The zero-order chi connectivity index (χ0) is 11.7. The van der Waals surface area contributed by atoms with E-state index in [0.717, 1.165) is 6.54 Å². The number of rotatable bonds is 8. The third-order valence-corrected chi connectivity index (χ3v) is 4.22. The minimum Gasteiger partial charge on any atom is -0.316 e. The second-order valence-electron chi connectivity index (χ2n) is 5.65. The third kappa shape index (κ3) is 4.86. The molecule has 0 aromatic heterocycles. The van der Waals surface area contributed by atoms with Crippen LogP contribution in [0.4, 0.5) is 0 Å². The molecule has 1 N–H and O–H groups in total. The molecule has 0 amide bonds. The second kappa shape index (κ2) is 8.11. The average molecular weight is 225 g/mol. The highest BCUT2D eigenvalue weighted by molar-refractivity contribution is 4.84. The van der Waals surface area contributed by atoms with Gasteiger partial charge in [-0.05, 0) is 31.2 Å². The molecule has 1 aliphatic carbocycles. The van der Waals surface area contributed by atoms with E-state index in [-0.39, 0.29) is 0 Å². The molecule has 0 radical (unpaired) electrons. The van der Waals surface area contributed by atoms with Crippen molar-refractivity contribution < 1.29 is 0 Å². The quantitative estimate of drug-likeness (QED) is 0.599. The minimum absolute atomic E-state index is 0.669. The third-order valence-electron chi connectivity index (χ3n) is 4.22. The van der Waals surface area contributed by atoms with E-state index in [9.17, 15) is 0 Å². The summed E-state index contributed by atoms with van der Waals surface area (Å²) in [5.74, 6) is 0. The summed E-state index contributed by atoms with van der Waals surface area (Å²) in [5.41, 5.74) is 0.669. The standard InChI is InChI=1S/C15H31N/c1-3-5-6-8-11-15(14-16-4-2)12-9-7-10-13-15/h16H,3-14H2,1-2H3. The van der Waals surface area contributed by atoms with Crippen LogP contribution in [0.3, 0.4) is 0 Å². The fraction of sp³-hybridized carbons (Fsp3) is 1.00. The lowest BCUT2D eigenvalue weighted by Crippen LogP contribution is -2.36. The molecule has 0 bridgehead atoms. The zero-order valence-electron chi connectivity index (χ0n) is 11.5. The van der Waals surface area contributed by atoms with Crippen molar-refractivity contribution in [2.24, 2.45) is 5.41 Å². The maximum atomic E-state index is 3.60. The Morgan fingerprint density at radius 1 is 0.938 bits per heavy atom. The molecule has 0 aliphatic heterocycles. The molecule has 0 spiro atoms. The minimum atomic E-state index is 0.669. The van der Waals surface area contributed by atoms with E-state index in [2.05, 4.69) is 19.2 Å². The number of hydrogen-bond acceptors (Lipinski definition) is 1. The molecular formula is C15H31N. The molecule has 1 aliphatic rings. The van der Waals surface area contributed by atoms with Gasteiger partial charge in [0.25, 0.3) is 0 Å². The van der Waals surface area contributed by atoms with Crippen LogP contribution in [0.25, 0.3) is 0 Å². The first kappa shape index (κ1) is 14.0. The van der Waals surface area contributed by atoms with E-state index in [0.29, 0.717) is 5.41 Å². The largest absolute Gasteiger partial charge is 0.316 e. The van der Waals surface area contributed by atoms with Gasteiger partial charge in [-0.25, -0.2) is 0 Å². The Hall–Kier alpha value is -0.0400. The van der Waals surface area contributed by atoms with Gasteiger partial charge in [0.05, 0.1) is 0 Å². The summed E-state index contributed by atoms with van der Waals surface area (Å²) in [6.45, 7) is 6.94. The van der Waals surface area contributed by atoms with Gasteiger partial charge < -0.3 is 5.32 Å². The van der Waals surface area contributed by atoms with E-state index in [1.54, 1.807) is 0 Å². The SMILES string of the molecule is CCCCCCC1(CNCC)CCCCC1. The van der Waals surface area contributed by atoms with Gasteiger partial charge in [-0.2, -0.15) is 0 Å². The molecular weight excluding hydrogens is 194 g/mol. The molecule has 1 fully saturated rings. The first-order chi connectivity index (χ1) is 7.83. The summed E-state index contributed by atoms with van der Waals surface area (Å²) in [5, 5.41) is 3.60. The van der Waals surface area contributed by atoms with Gasteiger partial charge in [-0.3, -0.25) is 0 Å². The number of unbranched alkanes of at least 4 members (excludes halogenated alkanes) is 3. The molecule has 0 saturated heterocycles. The van der Waals surface area contributed by atoms with Crippen molar-refractivity contribution in [3.05, 3.63) is 0 Å². The summed E-state index contributed by atoms with van der Waals surface area (Å²) >= 11 is 0. The average Bonchev–Trinajstić information content (AvgIpc) is 2.34. The van der Waals surface area contributed by atoms with Crippen LogP contribution in [-0.2, 0) is 0 Å². The number of nitrogens with one attached hydrogen (secondary N) is 1. The van der Waals surface area contributed by atoms with Crippen molar-refractivity contribution in [1.29, 1.82) is 0 Å². The smallest absolute Gasteiger partial charge is 0.000769 e. The summed E-state index contributed by atoms with van der Waals surface area (Å²) in [7, 11) is 0. The molecule has 0 aromatic carbocycles. The second-order valence-corrected chi connectivity index (χ2v) is 5.65. The molecule has 0 unspecified atom stereocenters. The van der Waals surface area contributed by atoms with Crippen molar-refractivity contribution in [1.82, 2.24) is 5.32 Å². The summed E-state index contributed by atoms with van der Waals surface area (Å²) < 4.78 is 0. The first-order valence-electron chi connectivity index (χ1n) is 7.54. The maximum Gasteiger partial charge on any atom is 0.000769 e. The van der Waals surface area contributed by atoms with Crippen molar-refractivity contribution in [2.75, 3.05) is 13.1 Å². The Bertz CT molecular complexity index is 159. The van der Waals surface area contributed by atoms with Gasteiger partial charge in [0.1, 0.15) is 0 Å². The van der Waals surface area contributed by atoms with E-state index in [1.165, 1.54) is 70.8 Å². The monoisotopic (exact) mass is 225 g/mol. The van der Waals surface area contributed by atoms with Crippen molar-refractivity contribution in [2.45, 2.75) is 78.1 Å². The van der Waals surface area contributed by atoms with Crippen LogP contribution in [0.5, 0.6) is 0 Å². The van der Waals surface area contributed by atoms with Gasteiger partial charge in [0.2, 0.25) is 0 Å². The Balaban J connectivity index is 2.30. The Kier molecular flexibility index (Phi) is 7.11. The van der Waals surface area contributed by atoms with Crippen molar-refractivity contribution in [3.63, 3.8) is 0 Å². The van der Waals surface area contributed by atoms with Gasteiger partial charge in [-0.15, -0.1) is 0 Å². The van der Waals surface area contributed by atoms with Crippen molar-refractivity contribution >= 4 is 0 Å². The predicted octanol–water partition coefficient (Wildman–Crippen LogP) is 4.52. The molecule has 0 heterocycles. The summed E-state index contributed by atoms with van der Waals surface area (Å²) in [6.07, 6.45) is 14.5. The lowest BCUT2D eigenvalue weighted by atomic mass is 9.71. The molecule has 1 saturated carbocycles. The normalized spacial score (nSPS) is 19.9. The van der Waals surface area contributed by atoms with Crippen LogP contribution in [0.2, 0.25) is 0 Å². The van der Waals surface area contributed by atoms with Crippen LogP contribution < -0.4 is 5.32 Å². The zero-order valence-corrected chi connectivity index (χ0v) is 11.5. The van der Waals surface area contributed by atoms with Crippen LogP contribution in [-0.4, -0.2) is 13.1 Å². The van der Waals surface area contributed by atoms with Gasteiger partial charge in [0, 0.05) is 6.54 Å². The number of hydrogen-bond donors (Lipinski definition) is 1. The van der Waals surface area contributed by atoms with Gasteiger partial charge >= 0.3 is 0 Å². The van der Waals surface area contributed by atoms with E-state index >= 15 is 0 Å². The van der Waals surface area contributed by atoms with Gasteiger partial charge in [-0.1, -0.05) is 58.8 Å². The highest BCUT2D eigenvalue weighted by Gasteiger charge is 2.30. The van der Waals surface area contributed by atoms with Gasteiger partial charge in [0.15, 0.2) is 0 Å². The van der Waals surface area contributed by atoms with E-state index in [4.69, 9.17) is 0 Å². The van der Waals surface area contributed by atoms with Crippen LogP contribution in [0.15, 0.2) is 0 Å². The lowest BCUT2D eigenvalue weighted by molar-refractivity contribution is 0.162. The van der Waals surface area contributed by atoms with Crippen LogP contribution in [0.1, 0.15) is 78.1 Å². The summed E-state index contributed by atoms with van der Waals surface area (Å²) in [4.78, 5) is 0. The molecule has 16 heavy (non-hydrogen) atoms. The Morgan fingerprint density at radius 3 is 2.31 bits per heavy atom. The molecule has 1 rings (SSSR count). The lowest BCUT2D eigenvalue weighted by Gasteiger charge is -2.38. The Labute approximate surface area is 102 Å². The molecule has 96 valence electrons. The molecule has 0 atom stereocenters. The fourth-order valence-corrected chi connectivity index (χ4v) is 3.13. The Morgan fingerprint density at radius 2 is 1.69 bits per heavy atom. The fourth-order valence-electron chi connectivity index (χ4n) is 3.13. The summed E-state index contributed by atoms with van der Waals surface area (Å²) in [6, 6.07) is 0. The maximum absolute atomic E-state index is 3.60. The molecule has 1 heteroatoms. The first-order valence-corrected chi connectivity index (χ1v) is 7.54. The topological polar surface area (TPSA) is 12.0 Å². The van der Waals surface area contributed by atoms with Crippen molar-refractivity contribution in [3.8, 4) is 0 Å². The predicted molar refractivity (Wildman–Crippen MR) is 72.8 cm³/mol. The molecule has 1 nitrogen and oxygen atoms in total. The van der Waals surface area contributed by atoms with Crippen LogP contribution >= 0.6 is 0 Å². The highest BCUT2D eigenvalue weighted by atomic mass is 14.9.